The quantitative estimate of drug-likeness (QED) is 0.195. The van der Waals surface area contributed by atoms with Gasteiger partial charge in [-0.3, -0.25) is 4.99 Å². The van der Waals surface area contributed by atoms with E-state index in [4.69, 9.17) is 4.74 Å². The third-order valence-corrected chi connectivity index (χ3v) is 7.98. The fourth-order valence-electron chi connectivity index (χ4n) is 6.07. The van der Waals surface area contributed by atoms with Gasteiger partial charge in [0.05, 0.1) is 12.2 Å². The zero-order chi connectivity index (χ0) is 26.8. The lowest BCUT2D eigenvalue weighted by Gasteiger charge is -2.29. The first-order valence-corrected chi connectivity index (χ1v) is 12.1. The Balaban J connectivity index is 1.40. The van der Waals surface area contributed by atoms with E-state index < -0.39 is 35.3 Å². The Kier molecular flexibility index (Phi) is 6.15. The number of hydrogen-bond donors (Lipinski definition) is 0. The molecule has 3 aliphatic rings. The molecule has 0 aromatic heterocycles. The number of halogens is 7. The monoisotopic (exact) mass is 527 g/mol. The zero-order valence-electron chi connectivity index (χ0n) is 19.8. The smallest absolute Gasteiger partial charge is 0.460 e. The molecule has 0 spiro atoms. The number of fused-ring (bicyclic) bond motifs is 5. The summed E-state index contributed by atoms with van der Waals surface area (Å²) in [5, 5.41) is 0. The normalized spacial score (nSPS) is 23.2. The first kappa shape index (κ1) is 25.7. The molecule has 2 saturated carbocycles. The fraction of sp³-hybridized carbons (Fsp3) is 0.481. The molecule has 2 aromatic rings. The van der Waals surface area contributed by atoms with E-state index in [1.807, 2.05) is 0 Å². The molecule has 0 aliphatic heterocycles. The van der Waals surface area contributed by atoms with Crippen LogP contribution in [0.25, 0.3) is 11.1 Å². The van der Waals surface area contributed by atoms with Gasteiger partial charge in [0, 0.05) is 12.6 Å². The summed E-state index contributed by atoms with van der Waals surface area (Å²) in [5.41, 5.74) is 0.306. The van der Waals surface area contributed by atoms with Gasteiger partial charge < -0.3 is 4.74 Å². The number of ether oxygens (including phenoxy) is 1. The minimum atomic E-state index is -6.47. The topological polar surface area (TPSA) is 38.7 Å². The Morgan fingerprint density at radius 2 is 1.54 bits per heavy atom. The minimum Gasteiger partial charge on any atom is -0.462 e. The molecule has 2 fully saturated rings. The van der Waals surface area contributed by atoms with E-state index in [1.54, 1.807) is 18.2 Å². The maximum atomic E-state index is 14.5. The molecule has 2 bridgehead atoms. The number of hydrogen-bond acceptors (Lipinski definition) is 3. The van der Waals surface area contributed by atoms with Crippen molar-refractivity contribution in [2.24, 2.45) is 22.7 Å². The van der Waals surface area contributed by atoms with Crippen LogP contribution < -0.4 is 0 Å². The lowest BCUT2D eigenvalue weighted by Crippen LogP contribution is -2.56. The van der Waals surface area contributed by atoms with E-state index in [-0.39, 0.29) is 5.56 Å². The van der Waals surface area contributed by atoms with Crippen LogP contribution in [-0.4, -0.2) is 43.4 Å². The number of rotatable bonds is 6. The molecule has 0 amide bonds. The first-order valence-electron chi connectivity index (χ1n) is 12.1. The van der Waals surface area contributed by atoms with Crippen LogP contribution in [0, 0.1) is 17.8 Å². The molecule has 3 nitrogen and oxygen atoms in total. The molecule has 0 saturated heterocycles. The van der Waals surface area contributed by atoms with Gasteiger partial charge in [-0.15, -0.1) is 0 Å². The van der Waals surface area contributed by atoms with Crippen LogP contribution >= 0.6 is 0 Å². The zero-order valence-corrected chi connectivity index (χ0v) is 19.8. The van der Waals surface area contributed by atoms with Crippen LogP contribution in [0.2, 0.25) is 0 Å². The average Bonchev–Trinajstić information content (AvgIpc) is 3.55. The molecule has 3 atom stereocenters. The molecule has 37 heavy (non-hydrogen) atoms. The number of nitrogens with zero attached hydrogens (tertiary/aromatic N) is 1. The summed E-state index contributed by atoms with van der Waals surface area (Å²) in [6, 6.07) is 8.41. The van der Waals surface area contributed by atoms with Gasteiger partial charge >= 0.3 is 24.0 Å². The predicted octanol–water partition coefficient (Wildman–Crippen LogP) is 7.10. The lowest BCUT2D eigenvalue weighted by molar-refractivity contribution is -0.336. The Morgan fingerprint density at radius 1 is 0.919 bits per heavy atom. The van der Waals surface area contributed by atoms with E-state index in [1.165, 1.54) is 18.9 Å². The molecule has 0 N–H and O–H groups in total. The van der Waals surface area contributed by atoms with Crippen LogP contribution in [0.5, 0.6) is 0 Å². The second-order valence-electron chi connectivity index (χ2n) is 10.2. The summed E-state index contributed by atoms with van der Waals surface area (Å²) >= 11 is 0. The molecule has 0 heterocycles. The van der Waals surface area contributed by atoms with Crippen molar-refractivity contribution in [1.29, 1.82) is 0 Å². The molecule has 5 rings (SSSR count). The van der Waals surface area contributed by atoms with Gasteiger partial charge in [-0.1, -0.05) is 24.6 Å². The van der Waals surface area contributed by atoms with Crippen molar-refractivity contribution in [3.8, 4) is 11.1 Å². The van der Waals surface area contributed by atoms with E-state index >= 15 is 0 Å². The Labute approximate surface area is 208 Å². The highest BCUT2D eigenvalue weighted by atomic mass is 19.4. The molecule has 2 aromatic carbocycles. The minimum absolute atomic E-state index is 0.249. The van der Waals surface area contributed by atoms with Gasteiger partial charge in [-0.2, -0.15) is 30.7 Å². The molecule has 3 unspecified atom stereocenters. The number of aliphatic imine (C=N–C) groups is 1. The van der Waals surface area contributed by atoms with E-state index in [2.05, 4.69) is 4.99 Å². The summed E-state index contributed by atoms with van der Waals surface area (Å²) < 4.78 is 100. The van der Waals surface area contributed by atoms with Gasteiger partial charge in [0.2, 0.25) is 0 Å². The molecule has 198 valence electrons. The average molecular weight is 527 g/mol. The summed E-state index contributed by atoms with van der Waals surface area (Å²) in [7, 11) is 0.737. The van der Waals surface area contributed by atoms with E-state index in [9.17, 15) is 35.5 Å². The summed E-state index contributed by atoms with van der Waals surface area (Å²) in [6.45, 7) is 0.330. The molecular formula is C27H24F7NO2. The van der Waals surface area contributed by atoms with Crippen molar-refractivity contribution in [2.45, 2.75) is 50.1 Å². The van der Waals surface area contributed by atoms with Crippen molar-refractivity contribution in [1.82, 2.24) is 0 Å². The highest BCUT2D eigenvalue weighted by Gasteiger charge is 2.75. The van der Waals surface area contributed by atoms with Crippen molar-refractivity contribution >= 4 is 11.7 Å². The number of benzene rings is 2. The second kappa shape index (κ2) is 8.84. The summed E-state index contributed by atoms with van der Waals surface area (Å²) in [5.74, 6) is -10.8. The maximum absolute atomic E-state index is 14.5. The van der Waals surface area contributed by atoms with Gasteiger partial charge in [0.25, 0.3) is 0 Å². The van der Waals surface area contributed by atoms with Crippen LogP contribution in [0.3, 0.4) is 0 Å². The van der Waals surface area contributed by atoms with Gasteiger partial charge in [-0.25, -0.2) is 4.79 Å². The largest absolute Gasteiger partial charge is 0.462 e. The Hall–Kier alpha value is -2.91. The highest BCUT2D eigenvalue weighted by molar-refractivity contribution is 6.07. The number of alkyl halides is 7. The van der Waals surface area contributed by atoms with Crippen LogP contribution in [0.4, 0.5) is 30.7 Å². The second-order valence-corrected chi connectivity index (χ2v) is 10.2. The van der Waals surface area contributed by atoms with E-state index in [0.29, 0.717) is 47.5 Å². The van der Waals surface area contributed by atoms with Crippen molar-refractivity contribution in [2.75, 3.05) is 13.7 Å². The maximum Gasteiger partial charge on any atom is 0.460 e. The first-order chi connectivity index (χ1) is 17.3. The number of carbonyl (C=O) groups is 1. The summed E-state index contributed by atoms with van der Waals surface area (Å²) in [4.78, 5) is 15.9. The third-order valence-electron chi connectivity index (χ3n) is 7.98. The van der Waals surface area contributed by atoms with Gasteiger partial charge in [0.1, 0.15) is 5.71 Å². The number of esters is 1. The lowest BCUT2D eigenvalue weighted by atomic mass is 9.89. The van der Waals surface area contributed by atoms with Crippen LogP contribution in [-0.2, 0) is 11.2 Å². The highest BCUT2D eigenvalue weighted by Crippen LogP contribution is 2.49. The standard InChI is InChI=1S/C27H24F7NO2/c1-35-23(25(28,29)26(30,31)27(32,33)34)18-6-4-16-10-17-5-7-19(12-22(17)21(16)11-18)24(36)37-13-20-9-14-2-3-15(20)8-14/h4-7,11-12,14-15,20H,2-3,8-10,13H2,1H3/b35-23-. The van der Waals surface area contributed by atoms with Gasteiger partial charge in [-0.05, 0) is 83.9 Å². The molecule has 3 aliphatic carbocycles. The van der Waals surface area contributed by atoms with Crippen LogP contribution in [0.15, 0.2) is 41.4 Å². The Bertz CT molecular complexity index is 1270. The van der Waals surface area contributed by atoms with Crippen LogP contribution in [0.1, 0.15) is 52.7 Å². The number of carbonyl (C=O) groups excluding carboxylic acids is 1. The molecular weight excluding hydrogens is 503 g/mol. The van der Waals surface area contributed by atoms with Gasteiger partial charge in [0.15, 0.2) is 0 Å². The van der Waals surface area contributed by atoms with E-state index in [0.717, 1.165) is 37.6 Å². The third kappa shape index (κ3) is 4.22. The van der Waals surface area contributed by atoms with Crippen molar-refractivity contribution in [3.05, 3.63) is 58.7 Å². The Morgan fingerprint density at radius 3 is 2.08 bits per heavy atom. The van der Waals surface area contributed by atoms with Crippen molar-refractivity contribution in [3.63, 3.8) is 0 Å². The fourth-order valence-corrected chi connectivity index (χ4v) is 6.07. The molecule has 10 heteroatoms. The molecule has 0 radical (unpaired) electrons. The van der Waals surface area contributed by atoms with Crippen molar-refractivity contribution < 1.29 is 40.3 Å². The predicted molar refractivity (Wildman–Crippen MR) is 122 cm³/mol. The SMILES string of the molecule is C/N=C(/c1ccc2c(c1)-c1cc(C(=O)OCC3CC4CCC3C4)ccc1C2)C(F)(F)C(F)(F)C(F)(F)F. The summed E-state index contributed by atoms with van der Waals surface area (Å²) in [6.07, 6.45) is -1.47.